The number of benzene rings is 2. The first-order valence-corrected chi connectivity index (χ1v) is 10.4. The summed E-state index contributed by atoms with van der Waals surface area (Å²) in [6.45, 7) is 5.24. The Hall–Kier alpha value is -2.48. The van der Waals surface area contributed by atoms with Crippen LogP contribution >= 0.6 is 11.6 Å². The monoisotopic (exact) mass is 430 g/mol. The summed E-state index contributed by atoms with van der Waals surface area (Å²) in [6, 6.07) is 13.1. The van der Waals surface area contributed by atoms with Crippen LogP contribution in [0.3, 0.4) is 0 Å². The molecule has 2 saturated heterocycles. The van der Waals surface area contributed by atoms with E-state index < -0.39 is 6.04 Å². The summed E-state index contributed by atoms with van der Waals surface area (Å²) in [7, 11) is 0. The van der Waals surface area contributed by atoms with E-state index in [0.717, 1.165) is 5.69 Å². The summed E-state index contributed by atoms with van der Waals surface area (Å²) in [5, 5.41) is 0.431. The molecule has 0 spiro atoms. The van der Waals surface area contributed by atoms with Gasteiger partial charge in [0.05, 0.1) is 6.67 Å². The van der Waals surface area contributed by atoms with Crippen LogP contribution in [0, 0.1) is 5.82 Å². The first kappa shape index (κ1) is 20.8. The Morgan fingerprint density at radius 3 is 2.30 bits per heavy atom. The van der Waals surface area contributed by atoms with Gasteiger partial charge in [0.15, 0.2) is 0 Å². The summed E-state index contributed by atoms with van der Waals surface area (Å²) in [4.78, 5) is 32.7. The second-order valence-corrected chi connectivity index (χ2v) is 8.07. The molecule has 0 aromatic heterocycles. The van der Waals surface area contributed by atoms with E-state index in [-0.39, 0.29) is 24.4 Å². The molecule has 0 N–H and O–H groups in total. The van der Waals surface area contributed by atoms with Gasteiger partial charge in [-0.3, -0.25) is 19.5 Å². The molecule has 30 heavy (non-hydrogen) atoms. The molecule has 8 heteroatoms. The Bertz CT molecular complexity index is 914. The molecule has 0 aliphatic carbocycles. The Balaban J connectivity index is 1.36. The molecule has 2 aliphatic rings. The highest BCUT2D eigenvalue weighted by Gasteiger charge is 2.44. The van der Waals surface area contributed by atoms with Gasteiger partial charge in [0, 0.05) is 49.0 Å². The molecule has 158 valence electrons. The number of carbonyl (C=O) groups is 2. The van der Waals surface area contributed by atoms with Gasteiger partial charge in [-0.15, -0.1) is 0 Å². The van der Waals surface area contributed by atoms with E-state index in [0.29, 0.717) is 43.3 Å². The van der Waals surface area contributed by atoms with Crippen LogP contribution in [0.1, 0.15) is 12.5 Å². The number of rotatable bonds is 5. The molecular formula is C22H24ClFN4O2. The second kappa shape index (κ2) is 8.71. The lowest BCUT2D eigenvalue weighted by Gasteiger charge is -2.36. The molecule has 2 aliphatic heterocycles. The SMILES string of the molecule is CC1C(=O)N(CN2CCN(Cc3c(F)cccc3Cl)CC2)C(=O)N1c1ccccc1. The molecule has 2 aromatic rings. The zero-order valence-electron chi connectivity index (χ0n) is 16.8. The maximum Gasteiger partial charge on any atom is 0.333 e. The topological polar surface area (TPSA) is 47.1 Å². The minimum absolute atomic E-state index is 0.190. The molecule has 2 aromatic carbocycles. The van der Waals surface area contributed by atoms with Gasteiger partial charge in [0.1, 0.15) is 11.9 Å². The number of hydrogen-bond donors (Lipinski definition) is 0. The zero-order valence-corrected chi connectivity index (χ0v) is 17.6. The van der Waals surface area contributed by atoms with E-state index in [4.69, 9.17) is 11.6 Å². The zero-order chi connectivity index (χ0) is 21.3. The minimum Gasteiger partial charge on any atom is -0.296 e. The number of para-hydroxylation sites is 1. The number of imide groups is 1. The lowest BCUT2D eigenvalue weighted by atomic mass is 10.2. The van der Waals surface area contributed by atoms with Crippen molar-refractivity contribution >= 4 is 29.2 Å². The van der Waals surface area contributed by atoms with Gasteiger partial charge in [-0.1, -0.05) is 35.9 Å². The van der Waals surface area contributed by atoms with E-state index in [1.165, 1.54) is 11.0 Å². The number of piperazine rings is 1. The third kappa shape index (κ3) is 4.05. The number of halogens is 2. The molecule has 0 saturated carbocycles. The van der Waals surface area contributed by atoms with Crippen LogP contribution < -0.4 is 4.90 Å². The predicted molar refractivity (Wildman–Crippen MR) is 114 cm³/mol. The van der Waals surface area contributed by atoms with Crippen molar-refractivity contribution in [2.24, 2.45) is 0 Å². The van der Waals surface area contributed by atoms with Crippen molar-refractivity contribution in [3.8, 4) is 0 Å². The number of nitrogens with zero attached hydrogens (tertiary/aromatic N) is 4. The van der Waals surface area contributed by atoms with Gasteiger partial charge in [-0.2, -0.15) is 0 Å². The molecule has 0 bridgehead atoms. The van der Waals surface area contributed by atoms with E-state index in [1.54, 1.807) is 24.0 Å². The van der Waals surface area contributed by atoms with Crippen molar-refractivity contribution in [3.63, 3.8) is 0 Å². The fourth-order valence-electron chi connectivity index (χ4n) is 3.97. The Morgan fingerprint density at radius 1 is 0.967 bits per heavy atom. The maximum absolute atomic E-state index is 14.0. The molecular weight excluding hydrogens is 407 g/mol. The molecule has 1 atom stereocenters. The summed E-state index contributed by atoms with van der Waals surface area (Å²) < 4.78 is 14.0. The fraction of sp³-hybridized carbons (Fsp3) is 0.364. The van der Waals surface area contributed by atoms with Crippen molar-refractivity contribution in [2.75, 3.05) is 37.7 Å². The second-order valence-electron chi connectivity index (χ2n) is 7.67. The van der Waals surface area contributed by atoms with Crippen LogP contribution in [0.2, 0.25) is 5.02 Å². The summed E-state index contributed by atoms with van der Waals surface area (Å²) in [5.74, 6) is -0.488. The average molecular weight is 431 g/mol. The molecule has 4 rings (SSSR count). The quantitative estimate of drug-likeness (QED) is 0.682. The largest absolute Gasteiger partial charge is 0.333 e. The van der Waals surface area contributed by atoms with E-state index in [2.05, 4.69) is 9.80 Å². The lowest BCUT2D eigenvalue weighted by Crippen LogP contribution is -2.51. The van der Waals surface area contributed by atoms with Crippen molar-refractivity contribution in [1.82, 2.24) is 14.7 Å². The van der Waals surface area contributed by atoms with Gasteiger partial charge in [-0.05, 0) is 31.2 Å². The lowest BCUT2D eigenvalue weighted by molar-refractivity contribution is -0.128. The summed E-state index contributed by atoms with van der Waals surface area (Å²) >= 11 is 6.14. The molecule has 6 nitrogen and oxygen atoms in total. The van der Waals surface area contributed by atoms with Gasteiger partial charge >= 0.3 is 6.03 Å². The van der Waals surface area contributed by atoms with Crippen LogP contribution in [0.15, 0.2) is 48.5 Å². The molecule has 2 heterocycles. The maximum atomic E-state index is 14.0. The van der Waals surface area contributed by atoms with Gasteiger partial charge in [0.2, 0.25) is 0 Å². The summed E-state index contributed by atoms with van der Waals surface area (Å²) in [5.41, 5.74) is 1.22. The van der Waals surface area contributed by atoms with Crippen LogP contribution in [-0.4, -0.2) is 65.5 Å². The fourth-order valence-corrected chi connectivity index (χ4v) is 4.20. The Morgan fingerprint density at radius 2 is 1.63 bits per heavy atom. The third-order valence-corrected chi connectivity index (χ3v) is 6.09. The molecule has 2 fully saturated rings. The first-order chi connectivity index (χ1) is 14.5. The van der Waals surface area contributed by atoms with Crippen molar-refractivity contribution in [1.29, 1.82) is 0 Å². The van der Waals surface area contributed by atoms with Crippen LogP contribution in [-0.2, 0) is 11.3 Å². The van der Waals surface area contributed by atoms with Gasteiger partial charge < -0.3 is 0 Å². The third-order valence-electron chi connectivity index (χ3n) is 5.73. The van der Waals surface area contributed by atoms with Crippen LogP contribution in [0.5, 0.6) is 0 Å². The van der Waals surface area contributed by atoms with E-state index in [9.17, 15) is 14.0 Å². The smallest absolute Gasteiger partial charge is 0.296 e. The molecule has 1 unspecified atom stereocenters. The van der Waals surface area contributed by atoms with Crippen molar-refractivity contribution in [3.05, 3.63) is 64.9 Å². The van der Waals surface area contributed by atoms with E-state index >= 15 is 0 Å². The summed E-state index contributed by atoms with van der Waals surface area (Å²) in [6.07, 6.45) is 0. The highest BCUT2D eigenvalue weighted by Crippen LogP contribution is 2.26. The highest BCUT2D eigenvalue weighted by molar-refractivity contribution is 6.31. The number of amides is 3. The highest BCUT2D eigenvalue weighted by atomic mass is 35.5. The van der Waals surface area contributed by atoms with Crippen LogP contribution in [0.4, 0.5) is 14.9 Å². The molecule has 3 amide bonds. The van der Waals surface area contributed by atoms with Crippen molar-refractivity contribution < 1.29 is 14.0 Å². The standard InChI is InChI=1S/C22H24ClFN4O2/c1-16-21(29)27(22(30)28(16)17-6-3-2-4-7-17)15-26-12-10-25(11-13-26)14-18-19(23)8-5-9-20(18)24/h2-9,16H,10-15H2,1H3. The van der Waals surface area contributed by atoms with Gasteiger partial charge in [0.25, 0.3) is 5.91 Å². The Kier molecular flexibility index (Phi) is 6.04. The molecule has 0 radical (unpaired) electrons. The van der Waals surface area contributed by atoms with Crippen molar-refractivity contribution in [2.45, 2.75) is 19.5 Å². The predicted octanol–water partition coefficient (Wildman–Crippen LogP) is 3.41. The van der Waals surface area contributed by atoms with Gasteiger partial charge in [-0.25, -0.2) is 14.1 Å². The Labute approximate surface area is 180 Å². The minimum atomic E-state index is -0.524. The normalized spacial score (nSPS) is 21.0. The van der Waals surface area contributed by atoms with E-state index in [1.807, 2.05) is 30.3 Å². The number of hydrogen-bond acceptors (Lipinski definition) is 4. The average Bonchev–Trinajstić information content (AvgIpc) is 2.96. The number of carbonyl (C=O) groups excluding carboxylic acids is 2. The first-order valence-electron chi connectivity index (χ1n) is 10.0. The number of urea groups is 1. The van der Waals surface area contributed by atoms with Crippen LogP contribution in [0.25, 0.3) is 0 Å². The number of anilines is 1.